The Labute approximate surface area is 105 Å². The van der Waals surface area contributed by atoms with Gasteiger partial charge in [-0.2, -0.15) is 4.31 Å². The van der Waals surface area contributed by atoms with Crippen LogP contribution in [0.25, 0.3) is 0 Å². The second kappa shape index (κ2) is 4.85. The molecular formula is C9H12ClN3O3S. The van der Waals surface area contributed by atoms with Gasteiger partial charge >= 0.3 is 0 Å². The van der Waals surface area contributed by atoms with Gasteiger partial charge in [0.05, 0.1) is 18.5 Å². The quantitative estimate of drug-likeness (QED) is 0.754. The Balaban J connectivity index is 2.22. The van der Waals surface area contributed by atoms with Gasteiger partial charge in [-0.05, 0) is 18.0 Å². The minimum absolute atomic E-state index is 0.0279. The third-order valence-electron chi connectivity index (χ3n) is 2.68. The summed E-state index contributed by atoms with van der Waals surface area (Å²) < 4.78 is 30.8. The van der Waals surface area contributed by atoms with Crippen molar-refractivity contribution in [1.82, 2.24) is 14.3 Å². The molecule has 0 N–H and O–H groups in total. The standard InChI is InChI=1S/C9H12ClN3O3S/c1-16-7-2-3-13(6-7)17(14,15)8-4-11-9(10)12-5-8/h4-5,7H,2-3,6H2,1H3. The van der Waals surface area contributed by atoms with Crippen LogP contribution in [0.15, 0.2) is 17.3 Å². The van der Waals surface area contributed by atoms with Gasteiger partial charge in [0.2, 0.25) is 15.3 Å². The second-order valence-electron chi connectivity index (χ2n) is 3.70. The van der Waals surface area contributed by atoms with Gasteiger partial charge in [-0.3, -0.25) is 0 Å². The lowest BCUT2D eigenvalue weighted by Gasteiger charge is -2.15. The van der Waals surface area contributed by atoms with E-state index in [9.17, 15) is 8.42 Å². The molecule has 0 amide bonds. The summed E-state index contributed by atoms with van der Waals surface area (Å²) in [6, 6.07) is 0. The van der Waals surface area contributed by atoms with Crippen molar-refractivity contribution in [2.24, 2.45) is 0 Å². The van der Waals surface area contributed by atoms with Gasteiger partial charge in [-0.1, -0.05) is 0 Å². The van der Waals surface area contributed by atoms with Crippen LogP contribution < -0.4 is 0 Å². The van der Waals surface area contributed by atoms with Crippen LogP contribution in [0.3, 0.4) is 0 Å². The summed E-state index contributed by atoms with van der Waals surface area (Å²) in [5, 5.41) is 0.0279. The maximum atomic E-state index is 12.2. The lowest BCUT2D eigenvalue weighted by Crippen LogP contribution is -2.30. The van der Waals surface area contributed by atoms with E-state index >= 15 is 0 Å². The smallest absolute Gasteiger partial charge is 0.246 e. The van der Waals surface area contributed by atoms with Gasteiger partial charge in [-0.15, -0.1) is 0 Å². The van der Waals surface area contributed by atoms with Crippen molar-refractivity contribution in [3.63, 3.8) is 0 Å². The fourth-order valence-electron chi connectivity index (χ4n) is 1.69. The van der Waals surface area contributed by atoms with E-state index < -0.39 is 10.0 Å². The lowest BCUT2D eigenvalue weighted by atomic mass is 10.3. The minimum Gasteiger partial charge on any atom is -0.380 e. The van der Waals surface area contributed by atoms with E-state index in [0.717, 1.165) is 0 Å². The Hall–Kier alpha value is -0.760. The molecule has 6 nitrogen and oxygen atoms in total. The molecule has 1 aromatic rings. The predicted molar refractivity (Wildman–Crippen MR) is 61.2 cm³/mol. The Kier molecular flexibility index (Phi) is 3.62. The molecule has 17 heavy (non-hydrogen) atoms. The molecule has 1 fully saturated rings. The SMILES string of the molecule is COC1CCN(S(=O)(=O)c2cnc(Cl)nc2)C1. The van der Waals surface area contributed by atoms with Crippen LogP contribution in [0.4, 0.5) is 0 Å². The van der Waals surface area contributed by atoms with Gasteiger partial charge in [0.15, 0.2) is 0 Å². The summed E-state index contributed by atoms with van der Waals surface area (Å²) in [5.41, 5.74) is 0. The molecule has 2 rings (SSSR count). The van der Waals surface area contributed by atoms with Crippen LogP contribution in [0, 0.1) is 0 Å². The average molecular weight is 278 g/mol. The number of rotatable bonds is 3. The molecule has 1 aliphatic heterocycles. The molecule has 0 bridgehead atoms. The van der Waals surface area contributed by atoms with Crippen LogP contribution in [-0.4, -0.2) is 49.0 Å². The van der Waals surface area contributed by atoms with Gasteiger partial charge < -0.3 is 4.74 Å². The maximum absolute atomic E-state index is 12.2. The molecular weight excluding hydrogens is 266 g/mol. The molecule has 1 aliphatic rings. The van der Waals surface area contributed by atoms with E-state index in [1.807, 2.05) is 0 Å². The number of hydrogen-bond acceptors (Lipinski definition) is 5. The second-order valence-corrected chi connectivity index (χ2v) is 5.97. The van der Waals surface area contributed by atoms with Crippen molar-refractivity contribution in [1.29, 1.82) is 0 Å². The molecule has 1 aromatic heterocycles. The van der Waals surface area contributed by atoms with Gasteiger partial charge in [-0.25, -0.2) is 18.4 Å². The summed E-state index contributed by atoms with van der Waals surface area (Å²) >= 11 is 5.52. The monoisotopic (exact) mass is 277 g/mol. The Morgan fingerprint density at radius 3 is 2.65 bits per heavy atom. The topological polar surface area (TPSA) is 72.4 Å². The van der Waals surface area contributed by atoms with Gasteiger partial charge in [0, 0.05) is 20.2 Å². The highest BCUT2D eigenvalue weighted by molar-refractivity contribution is 7.89. The summed E-state index contributed by atoms with van der Waals surface area (Å²) in [6.45, 7) is 0.810. The van der Waals surface area contributed by atoms with Crippen LogP contribution in [0.2, 0.25) is 5.28 Å². The number of halogens is 1. The van der Waals surface area contributed by atoms with E-state index in [1.165, 1.54) is 16.7 Å². The van der Waals surface area contributed by atoms with Crippen molar-refractivity contribution in [3.05, 3.63) is 17.7 Å². The Morgan fingerprint density at radius 1 is 1.47 bits per heavy atom. The summed E-state index contributed by atoms with van der Waals surface area (Å²) in [7, 11) is -1.95. The number of aromatic nitrogens is 2. The largest absolute Gasteiger partial charge is 0.380 e. The number of methoxy groups -OCH3 is 1. The van der Waals surface area contributed by atoms with Crippen molar-refractivity contribution in [2.75, 3.05) is 20.2 Å². The predicted octanol–water partition coefficient (Wildman–Crippen LogP) is 0.539. The molecule has 8 heteroatoms. The first-order valence-electron chi connectivity index (χ1n) is 5.04. The van der Waals surface area contributed by atoms with Gasteiger partial charge in [0.25, 0.3) is 0 Å². The van der Waals surface area contributed by atoms with E-state index in [-0.39, 0.29) is 16.3 Å². The third-order valence-corrected chi connectivity index (χ3v) is 4.69. The maximum Gasteiger partial charge on any atom is 0.246 e. The molecule has 0 saturated carbocycles. The highest BCUT2D eigenvalue weighted by Gasteiger charge is 2.32. The molecule has 1 saturated heterocycles. The molecule has 1 unspecified atom stereocenters. The zero-order chi connectivity index (χ0) is 12.5. The molecule has 0 spiro atoms. The van der Waals surface area contributed by atoms with E-state index in [4.69, 9.17) is 16.3 Å². The van der Waals surface area contributed by atoms with E-state index in [2.05, 4.69) is 9.97 Å². The van der Waals surface area contributed by atoms with E-state index in [0.29, 0.717) is 19.5 Å². The average Bonchev–Trinajstić information content (AvgIpc) is 2.78. The number of sulfonamides is 1. The first-order chi connectivity index (χ1) is 8.04. The Morgan fingerprint density at radius 2 is 2.12 bits per heavy atom. The van der Waals surface area contributed by atoms with Crippen LogP contribution in [0.5, 0.6) is 0 Å². The first-order valence-corrected chi connectivity index (χ1v) is 6.86. The van der Waals surface area contributed by atoms with Gasteiger partial charge in [0.1, 0.15) is 4.90 Å². The van der Waals surface area contributed by atoms with Crippen LogP contribution in [0.1, 0.15) is 6.42 Å². The fraction of sp³-hybridized carbons (Fsp3) is 0.556. The van der Waals surface area contributed by atoms with Crippen molar-refractivity contribution >= 4 is 21.6 Å². The first kappa shape index (κ1) is 12.7. The summed E-state index contributed by atoms with van der Waals surface area (Å²) in [5.74, 6) is 0. The molecule has 1 atom stereocenters. The highest BCUT2D eigenvalue weighted by Crippen LogP contribution is 2.21. The zero-order valence-corrected chi connectivity index (χ0v) is 10.8. The zero-order valence-electron chi connectivity index (χ0n) is 9.21. The number of nitrogens with zero attached hydrogens (tertiary/aromatic N) is 3. The minimum atomic E-state index is -3.53. The number of ether oxygens (including phenoxy) is 1. The third kappa shape index (κ3) is 2.57. The highest BCUT2D eigenvalue weighted by atomic mass is 35.5. The van der Waals surface area contributed by atoms with E-state index in [1.54, 1.807) is 7.11 Å². The fourth-order valence-corrected chi connectivity index (χ4v) is 3.17. The molecule has 0 aromatic carbocycles. The molecule has 2 heterocycles. The van der Waals surface area contributed by atoms with Crippen LogP contribution >= 0.6 is 11.6 Å². The van der Waals surface area contributed by atoms with Crippen molar-refractivity contribution < 1.29 is 13.2 Å². The Bertz CT molecular complexity index is 491. The summed E-state index contributed by atoms with van der Waals surface area (Å²) in [4.78, 5) is 7.40. The van der Waals surface area contributed by atoms with Crippen molar-refractivity contribution in [3.8, 4) is 0 Å². The molecule has 0 aliphatic carbocycles. The number of hydrogen-bond donors (Lipinski definition) is 0. The lowest BCUT2D eigenvalue weighted by molar-refractivity contribution is 0.115. The molecule has 0 radical (unpaired) electrons. The molecule has 94 valence electrons. The van der Waals surface area contributed by atoms with Crippen molar-refractivity contribution in [2.45, 2.75) is 17.4 Å². The van der Waals surface area contributed by atoms with Crippen LogP contribution in [-0.2, 0) is 14.8 Å². The normalized spacial score (nSPS) is 21.9. The summed E-state index contributed by atoms with van der Waals surface area (Å²) in [6.07, 6.45) is 3.08.